The van der Waals surface area contributed by atoms with Gasteiger partial charge in [0.1, 0.15) is 11.6 Å². The smallest absolute Gasteiger partial charge is 0.338 e. The number of carbonyl (C=O) groups is 1. The molecule has 2 aromatic rings. The summed E-state index contributed by atoms with van der Waals surface area (Å²) in [5.41, 5.74) is 0.159. The Hall–Kier alpha value is -2.48. The van der Waals surface area contributed by atoms with Gasteiger partial charge in [-0.15, -0.1) is 0 Å². The van der Waals surface area contributed by atoms with E-state index in [1.807, 2.05) is 0 Å². The topological polar surface area (TPSA) is 74.7 Å². The maximum atomic E-state index is 13.4. The molecule has 0 unspecified atom stereocenters. The van der Waals surface area contributed by atoms with Gasteiger partial charge >= 0.3 is 5.97 Å². The average Bonchev–Trinajstić information content (AvgIpc) is 2.90. The van der Waals surface area contributed by atoms with Crippen molar-refractivity contribution in [3.05, 3.63) is 59.2 Å². The Bertz CT molecular complexity index is 912. The van der Waals surface area contributed by atoms with Gasteiger partial charge in [-0.1, -0.05) is 6.07 Å². The molecule has 0 atom stereocenters. The van der Waals surface area contributed by atoms with E-state index in [4.69, 9.17) is 5.11 Å². The lowest BCUT2D eigenvalue weighted by Gasteiger charge is -2.20. The van der Waals surface area contributed by atoms with Crippen LogP contribution in [0.15, 0.2) is 41.3 Å². The number of rotatable bonds is 3. The number of sulfonamides is 1. The van der Waals surface area contributed by atoms with Crippen LogP contribution in [-0.2, 0) is 16.4 Å². The van der Waals surface area contributed by atoms with Gasteiger partial charge in [-0.2, -0.15) is 0 Å². The van der Waals surface area contributed by atoms with Crippen LogP contribution >= 0.6 is 0 Å². The summed E-state index contributed by atoms with van der Waals surface area (Å²) in [5, 5.41) is 8.92. The fourth-order valence-electron chi connectivity index (χ4n) is 2.53. The molecule has 0 radical (unpaired) electrons. The molecular weight excluding hydrogens is 328 g/mol. The van der Waals surface area contributed by atoms with Crippen LogP contribution in [0.5, 0.6) is 0 Å². The second-order valence-electron chi connectivity index (χ2n) is 5.05. The van der Waals surface area contributed by atoms with Gasteiger partial charge in [0, 0.05) is 6.54 Å². The van der Waals surface area contributed by atoms with Crippen molar-refractivity contribution >= 4 is 21.7 Å². The van der Waals surface area contributed by atoms with Crippen LogP contribution in [0.4, 0.5) is 14.5 Å². The Balaban J connectivity index is 2.10. The number of anilines is 1. The minimum Gasteiger partial charge on any atom is -0.478 e. The second-order valence-corrected chi connectivity index (χ2v) is 6.91. The Labute approximate surface area is 130 Å². The molecule has 2 aromatic carbocycles. The predicted molar refractivity (Wildman–Crippen MR) is 78.0 cm³/mol. The molecule has 23 heavy (non-hydrogen) atoms. The van der Waals surface area contributed by atoms with Crippen molar-refractivity contribution in [2.24, 2.45) is 0 Å². The molecule has 0 fully saturated rings. The maximum Gasteiger partial charge on any atom is 0.338 e. The normalized spacial score (nSPS) is 13.9. The van der Waals surface area contributed by atoms with Crippen LogP contribution in [0, 0.1) is 11.6 Å². The first-order valence-electron chi connectivity index (χ1n) is 6.65. The summed E-state index contributed by atoms with van der Waals surface area (Å²) >= 11 is 0. The third-order valence-electron chi connectivity index (χ3n) is 3.66. The highest BCUT2D eigenvalue weighted by molar-refractivity contribution is 7.92. The lowest BCUT2D eigenvalue weighted by Crippen LogP contribution is -2.29. The first-order chi connectivity index (χ1) is 10.8. The summed E-state index contributed by atoms with van der Waals surface area (Å²) in [5.74, 6) is -3.16. The third-order valence-corrected chi connectivity index (χ3v) is 5.47. The standard InChI is InChI=1S/C15H11F2NO4S/c16-10-2-1-9-5-6-18(14(9)7-10)23(21,22)11-3-4-13(17)12(8-11)15(19)20/h1-4,7-8H,5-6H2,(H,19,20). The summed E-state index contributed by atoms with van der Waals surface area (Å²) in [6, 6.07) is 6.42. The van der Waals surface area contributed by atoms with Gasteiger partial charge in [0.25, 0.3) is 10.0 Å². The van der Waals surface area contributed by atoms with Gasteiger partial charge in [0.15, 0.2) is 0 Å². The molecule has 1 aliphatic rings. The minimum atomic E-state index is -4.10. The van der Waals surface area contributed by atoms with Crippen molar-refractivity contribution < 1.29 is 27.1 Å². The van der Waals surface area contributed by atoms with Crippen LogP contribution in [0.3, 0.4) is 0 Å². The van der Waals surface area contributed by atoms with Crippen LogP contribution in [0.2, 0.25) is 0 Å². The average molecular weight is 339 g/mol. The predicted octanol–water partition coefficient (Wildman–Crippen LogP) is 2.41. The van der Waals surface area contributed by atoms with Gasteiger partial charge in [-0.25, -0.2) is 22.0 Å². The monoisotopic (exact) mass is 339 g/mol. The van der Waals surface area contributed by atoms with Crippen molar-refractivity contribution in [1.29, 1.82) is 0 Å². The molecular formula is C15H11F2NO4S. The van der Waals surface area contributed by atoms with Crippen molar-refractivity contribution in [3.63, 3.8) is 0 Å². The summed E-state index contributed by atoms with van der Waals surface area (Å²) in [4.78, 5) is 10.6. The molecule has 0 aromatic heterocycles. The molecule has 0 spiro atoms. The Morgan fingerprint density at radius 3 is 2.57 bits per heavy atom. The van der Waals surface area contributed by atoms with Gasteiger partial charge in [0.05, 0.1) is 16.1 Å². The largest absolute Gasteiger partial charge is 0.478 e. The summed E-state index contributed by atoms with van der Waals surface area (Å²) in [6.45, 7) is 0.112. The first kappa shape index (κ1) is 15.4. The molecule has 1 heterocycles. The molecule has 3 rings (SSSR count). The number of nitrogens with zero attached hydrogens (tertiary/aromatic N) is 1. The number of fused-ring (bicyclic) bond motifs is 1. The zero-order chi connectivity index (χ0) is 16.8. The highest BCUT2D eigenvalue weighted by Crippen LogP contribution is 2.33. The van der Waals surface area contributed by atoms with Crippen molar-refractivity contribution in [2.75, 3.05) is 10.8 Å². The van der Waals surface area contributed by atoms with Crippen LogP contribution in [-0.4, -0.2) is 26.0 Å². The van der Waals surface area contributed by atoms with Gasteiger partial charge < -0.3 is 5.11 Å². The Morgan fingerprint density at radius 1 is 1.13 bits per heavy atom. The highest BCUT2D eigenvalue weighted by Gasteiger charge is 2.32. The summed E-state index contributed by atoms with van der Waals surface area (Å²) in [7, 11) is -4.10. The van der Waals surface area contributed by atoms with Gasteiger partial charge in [0.2, 0.25) is 0 Å². The molecule has 120 valence electrons. The van der Waals surface area contributed by atoms with Crippen LogP contribution in [0.1, 0.15) is 15.9 Å². The van der Waals surface area contributed by atoms with Crippen molar-refractivity contribution in [1.82, 2.24) is 0 Å². The van der Waals surface area contributed by atoms with E-state index >= 15 is 0 Å². The maximum absolute atomic E-state index is 13.4. The summed E-state index contributed by atoms with van der Waals surface area (Å²) < 4.78 is 53.2. The Kier molecular flexibility index (Phi) is 3.56. The van der Waals surface area contributed by atoms with E-state index < -0.39 is 33.2 Å². The van der Waals surface area contributed by atoms with Crippen molar-refractivity contribution in [2.45, 2.75) is 11.3 Å². The van der Waals surface area contributed by atoms with E-state index in [0.29, 0.717) is 12.0 Å². The van der Waals surface area contributed by atoms with E-state index in [2.05, 4.69) is 0 Å². The Morgan fingerprint density at radius 2 is 1.87 bits per heavy atom. The van der Waals surface area contributed by atoms with E-state index in [0.717, 1.165) is 28.6 Å². The minimum absolute atomic E-state index is 0.112. The number of hydrogen-bond acceptors (Lipinski definition) is 3. The highest BCUT2D eigenvalue weighted by atomic mass is 32.2. The molecule has 1 aliphatic heterocycles. The van der Waals surface area contributed by atoms with Crippen molar-refractivity contribution in [3.8, 4) is 0 Å². The number of carboxylic acids is 1. The quantitative estimate of drug-likeness (QED) is 0.932. The molecule has 0 amide bonds. The molecule has 0 saturated heterocycles. The molecule has 0 saturated carbocycles. The SMILES string of the molecule is O=C(O)c1cc(S(=O)(=O)N2CCc3ccc(F)cc32)ccc1F. The molecule has 5 nitrogen and oxygen atoms in total. The van der Waals surface area contributed by atoms with E-state index in [9.17, 15) is 22.0 Å². The zero-order valence-corrected chi connectivity index (χ0v) is 12.5. The molecule has 0 bridgehead atoms. The zero-order valence-electron chi connectivity index (χ0n) is 11.7. The lowest BCUT2D eigenvalue weighted by atomic mass is 10.2. The fourth-order valence-corrected chi connectivity index (χ4v) is 4.05. The van der Waals surface area contributed by atoms with E-state index in [1.165, 1.54) is 12.1 Å². The molecule has 0 aliphatic carbocycles. The third kappa shape index (κ3) is 2.55. The lowest BCUT2D eigenvalue weighted by molar-refractivity contribution is 0.0691. The van der Waals surface area contributed by atoms with Crippen LogP contribution in [0.25, 0.3) is 0 Å². The second kappa shape index (κ2) is 5.31. The van der Waals surface area contributed by atoms with Crippen LogP contribution < -0.4 is 4.31 Å². The molecule has 1 N–H and O–H groups in total. The number of aromatic carboxylic acids is 1. The first-order valence-corrected chi connectivity index (χ1v) is 8.09. The van der Waals surface area contributed by atoms with E-state index in [-0.39, 0.29) is 17.1 Å². The number of benzene rings is 2. The van der Waals surface area contributed by atoms with Gasteiger partial charge in [-0.3, -0.25) is 4.31 Å². The molecule has 8 heteroatoms. The summed E-state index contributed by atoms with van der Waals surface area (Å²) in [6.07, 6.45) is 0.418. The fraction of sp³-hybridized carbons (Fsp3) is 0.133. The number of halogens is 2. The number of carboxylic acid groups (broad SMARTS) is 1. The van der Waals surface area contributed by atoms with Gasteiger partial charge in [-0.05, 0) is 42.3 Å². The van der Waals surface area contributed by atoms with E-state index in [1.54, 1.807) is 0 Å². The number of hydrogen-bond donors (Lipinski definition) is 1.